The number of urea groups is 1. The number of aromatic nitrogens is 2. The van der Waals surface area contributed by atoms with Gasteiger partial charge in [0.1, 0.15) is 11.9 Å². The molecule has 1 N–H and O–H groups in total. The lowest BCUT2D eigenvalue weighted by molar-refractivity contribution is 0.00619. The Morgan fingerprint density at radius 1 is 1.23 bits per heavy atom. The smallest absolute Gasteiger partial charge is 0.359 e. The van der Waals surface area contributed by atoms with E-state index in [-0.39, 0.29) is 30.4 Å². The van der Waals surface area contributed by atoms with Crippen LogP contribution < -0.4 is 10.2 Å². The predicted octanol–water partition coefficient (Wildman–Crippen LogP) is 3.60. The zero-order valence-corrected chi connectivity index (χ0v) is 19.2. The molecule has 4 rings (SSSR count). The van der Waals surface area contributed by atoms with Gasteiger partial charge in [-0.3, -0.25) is 9.47 Å². The van der Waals surface area contributed by atoms with E-state index in [0.29, 0.717) is 22.9 Å². The van der Waals surface area contributed by atoms with Crippen LogP contribution >= 0.6 is 11.6 Å². The molecule has 0 radical (unpaired) electrons. The molecule has 1 fully saturated rings. The number of rotatable bonds is 1. The van der Waals surface area contributed by atoms with Gasteiger partial charge in [-0.05, 0) is 52.8 Å². The number of anilines is 1. The van der Waals surface area contributed by atoms with Crippen molar-refractivity contribution in [2.75, 3.05) is 18.0 Å². The molecule has 166 valence electrons. The summed E-state index contributed by atoms with van der Waals surface area (Å²) >= 11 is 6.28. The number of hydrogen-bond donors (Lipinski definition) is 1. The first-order chi connectivity index (χ1) is 14.6. The van der Waals surface area contributed by atoms with E-state index in [1.807, 2.05) is 43.2 Å². The fraction of sp³-hybridized carbons (Fsp3) is 0.500. The Kier molecular flexibility index (Phi) is 5.47. The van der Waals surface area contributed by atoms with E-state index in [4.69, 9.17) is 16.3 Å². The van der Waals surface area contributed by atoms with Crippen LogP contribution in [-0.2, 0) is 11.3 Å². The lowest BCUT2D eigenvalue weighted by Gasteiger charge is -2.42. The number of imidazole rings is 1. The number of esters is 1. The molecular formula is C22H28ClN5O3. The Bertz CT molecular complexity index is 1030. The van der Waals surface area contributed by atoms with Gasteiger partial charge in [-0.2, -0.15) is 0 Å². The minimum absolute atomic E-state index is 0.0287. The van der Waals surface area contributed by atoms with Crippen LogP contribution in [0, 0.1) is 0 Å². The monoisotopic (exact) mass is 445 g/mol. The Balaban J connectivity index is 1.75. The average Bonchev–Trinajstić information content (AvgIpc) is 3.11. The first-order valence-corrected chi connectivity index (χ1v) is 10.9. The van der Waals surface area contributed by atoms with Gasteiger partial charge >= 0.3 is 12.0 Å². The first-order valence-electron chi connectivity index (χ1n) is 10.5. The van der Waals surface area contributed by atoms with Crippen LogP contribution in [0.2, 0.25) is 5.02 Å². The van der Waals surface area contributed by atoms with Crippen LogP contribution in [0.4, 0.5) is 10.5 Å². The van der Waals surface area contributed by atoms with Gasteiger partial charge in [0.05, 0.1) is 23.6 Å². The van der Waals surface area contributed by atoms with Crippen molar-refractivity contribution in [1.82, 2.24) is 19.8 Å². The topological polar surface area (TPSA) is 79.7 Å². The van der Waals surface area contributed by atoms with Crippen LogP contribution in [-0.4, -0.2) is 57.2 Å². The molecule has 0 aliphatic carbocycles. The maximum atomic E-state index is 13.7. The highest BCUT2D eigenvalue weighted by Gasteiger charge is 2.37. The number of benzene rings is 1. The van der Waals surface area contributed by atoms with Crippen LogP contribution in [0.1, 0.15) is 50.8 Å². The van der Waals surface area contributed by atoms with Gasteiger partial charge in [0.2, 0.25) is 0 Å². The van der Waals surface area contributed by atoms with Crippen molar-refractivity contribution in [2.45, 2.75) is 58.8 Å². The second-order valence-corrected chi connectivity index (χ2v) is 9.53. The molecule has 1 aromatic heterocycles. The van der Waals surface area contributed by atoms with Gasteiger partial charge in [-0.1, -0.05) is 11.6 Å². The number of nitrogens with one attached hydrogen (secondary N) is 1. The number of carbonyl (C=O) groups is 2. The minimum Gasteiger partial charge on any atom is -0.455 e. The van der Waals surface area contributed by atoms with E-state index in [1.54, 1.807) is 23.4 Å². The Morgan fingerprint density at radius 2 is 1.97 bits per heavy atom. The van der Waals surface area contributed by atoms with Crippen LogP contribution in [0.25, 0.3) is 5.69 Å². The number of ether oxygens (including phenoxy) is 1. The normalized spacial score (nSPS) is 20.8. The molecule has 3 heterocycles. The molecule has 9 heteroatoms. The van der Waals surface area contributed by atoms with Crippen LogP contribution in [0.15, 0.2) is 24.5 Å². The fourth-order valence-corrected chi connectivity index (χ4v) is 4.20. The number of halogens is 1. The van der Waals surface area contributed by atoms with E-state index in [1.165, 1.54) is 0 Å². The zero-order chi connectivity index (χ0) is 22.5. The maximum absolute atomic E-state index is 13.7. The molecule has 31 heavy (non-hydrogen) atoms. The minimum atomic E-state index is -0.643. The van der Waals surface area contributed by atoms with Gasteiger partial charge in [0.15, 0.2) is 5.69 Å². The molecule has 1 aromatic carbocycles. The van der Waals surface area contributed by atoms with Gasteiger partial charge < -0.3 is 15.0 Å². The standard InChI is InChI=1S/C22H28ClN5O3/c1-13-14(2)26(9-8-24-13)21(30)27-11-18-19(20(29)31-22(3,4)5)25-12-28(18)16-7-6-15(23)10-17(16)27/h6-7,10,12-14,24H,8-9,11H2,1-5H3/t13-,14-/m0/s1. The van der Waals surface area contributed by atoms with Crippen molar-refractivity contribution < 1.29 is 14.3 Å². The molecule has 0 unspecified atom stereocenters. The van der Waals surface area contributed by atoms with Gasteiger partial charge in [0.25, 0.3) is 0 Å². The highest BCUT2D eigenvalue weighted by Crippen LogP contribution is 2.36. The van der Waals surface area contributed by atoms with E-state index in [2.05, 4.69) is 17.2 Å². The second kappa shape index (κ2) is 7.84. The number of carbonyl (C=O) groups excluding carboxylic acids is 2. The number of piperazine rings is 1. The molecule has 0 spiro atoms. The van der Waals surface area contributed by atoms with E-state index in [9.17, 15) is 9.59 Å². The molecule has 2 amide bonds. The molecule has 2 aliphatic rings. The summed E-state index contributed by atoms with van der Waals surface area (Å²) in [5, 5.41) is 3.93. The number of amides is 2. The van der Waals surface area contributed by atoms with E-state index >= 15 is 0 Å². The maximum Gasteiger partial charge on any atom is 0.359 e. The third-order valence-corrected chi connectivity index (χ3v) is 6.00. The third kappa shape index (κ3) is 4.02. The molecule has 2 aliphatic heterocycles. The molecule has 2 atom stereocenters. The molecule has 8 nitrogen and oxygen atoms in total. The summed E-state index contributed by atoms with van der Waals surface area (Å²) in [6, 6.07) is 5.48. The lowest BCUT2D eigenvalue weighted by atomic mass is 10.1. The lowest BCUT2D eigenvalue weighted by Crippen LogP contribution is -2.60. The zero-order valence-electron chi connectivity index (χ0n) is 18.5. The largest absolute Gasteiger partial charge is 0.455 e. The third-order valence-electron chi connectivity index (χ3n) is 5.77. The first kappa shape index (κ1) is 21.6. The number of hydrogen-bond acceptors (Lipinski definition) is 5. The highest BCUT2D eigenvalue weighted by atomic mass is 35.5. The Labute approximate surface area is 187 Å². The fourth-order valence-electron chi connectivity index (χ4n) is 4.03. The highest BCUT2D eigenvalue weighted by molar-refractivity contribution is 6.31. The van der Waals surface area contributed by atoms with Crippen LogP contribution in [0.3, 0.4) is 0 Å². The summed E-state index contributed by atoms with van der Waals surface area (Å²) in [5.41, 5.74) is 1.63. The predicted molar refractivity (Wildman–Crippen MR) is 119 cm³/mol. The van der Waals surface area contributed by atoms with Crippen molar-refractivity contribution >= 4 is 29.3 Å². The summed E-state index contributed by atoms with van der Waals surface area (Å²) in [7, 11) is 0. The summed E-state index contributed by atoms with van der Waals surface area (Å²) in [5.74, 6) is -0.504. The van der Waals surface area contributed by atoms with Gasteiger partial charge in [-0.25, -0.2) is 14.6 Å². The summed E-state index contributed by atoms with van der Waals surface area (Å²) in [4.78, 5) is 34.3. The average molecular weight is 446 g/mol. The molecule has 0 saturated carbocycles. The van der Waals surface area contributed by atoms with Crippen molar-refractivity contribution in [2.24, 2.45) is 0 Å². The van der Waals surface area contributed by atoms with E-state index in [0.717, 1.165) is 12.2 Å². The van der Waals surface area contributed by atoms with Crippen molar-refractivity contribution in [3.63, 3.8) is 0 Å². The van der Waals surface area contributed by atoms with Gasteiger partial charge in [-0.15, -0.1) is 0 Å². The molecule has 0 bridgehead atoms. The molecular weight excluding hydrogens is 418 g/mol. The molecule has 2 aromatic rings. The quantitative estimate of drug-likeness (QED) is 0.678. The van der Waals surface area contributed by atoms with Crippen LogP contribution in [0.5, 0.6) is 0 Å². The number of fused-ring (bicyclic) bond motifs is 3. The summed E-state index contributed by atoms with van der Waals surface area (Å²) in [6.07, 6.45) is 1.60. The second-order valence-electron chi connectivity index (χ2n) is 9.09. The SMILES string of the molecule is C[C@@H]1NCCN(C(=O)N2Cc3c(C(=O)OC(C)(C)C)ncn3-c3ccc(Cl)cc32)[C@H]1C. The van der Waals surface area contributed by atoms with Crippen molar-refractivity contribution in [3.8, 4) is 5.69 Å². The van der Waals surface area contributed by atoms with Gasteiger partial charge in [0, 0.05) is 30.2 Å². The van der Waals surface area contributed by atoms with Crippen molar-refractivity contribution in [3.05, 3.63) is 40.9 Å². The summed E-state index contributed by atoms with van der Waals surface area (Å²) < 4.78 is 7.37. The summed E-state index contributed by atoms with van der Waals surface area (Å²) in [6.45, 7) is 11.1. The van der Waals surface area contributed by atoms with Crippen molar-refractivity contribution in [1.29, 1.82) is 0 Å². The Hall–Kier alpha value is -2.58. The van der Waals surface area contributed by atoms with E-state index < -0.39 is 11.6 Å². The Morgan fingerprint density at radius 3 is 2.68 bits per heavy atom. The number of nitrogens with zero attached hydrogens (tertiary/aromatic N) is 4. The molecule has 1 saturated heterocycles.